The Kier molecular flexibility index (Phi) is 7.58. The van der Waals surface area contributed by atoms with E-state index >= 15 is 0 Å². The molecule has 0 atom stereocenters. The number of ether oxygens (including phenoxy) is 2. The highest BCUT2D eigenvalue weighted by molar-refractivity contribution is 6.06. The third-order valence-corrected chi connectivity index (χ3v) is 8.73. The van der Waals surface area contributed by atoms with E-state index in [1.807, 2.05) is 51.2 Å². The Hall–Kier alpha value is -3.87. The number of aryl methyl sites for hydroxylation is 2. The average molecular weight is 571 g/mol. The van der Waals surface area contributed by atoms with Crippen molar-refractivity contribution in [3.8, 4) is 11.5 Å². The number of benzene rings is 2. The first-order valence-corrected chi connectivity index (χ1v) is 14.6. The number of ketones is 2. The number of hydrogen-bond donors (Lipinski definition) is 1. The normalized spacial score (nSPS) is 19.9. The maximum absolute atomic E-state index is 13.8. The van der Waals surface area contributed by atoms with Crippen molar-refractivity contribution in [2.75, 3.05) is 26.1 Å². The van der Waals surface area contributed by atoms with E-state index < -0.39 is 5.92 Å². The summed E-state index contributed by atoms with van der Waals surface area (Å²) in [5.74, 6) is 0.298. The molecule has 0 aromatic heterocycles. The van der Waals surface area contributed by atoms with Crippen LogP contribution >= 0.6 is 0 Å². The van der Waals surface area contributed by atoms with Crippen LogP contribution in [0.5, 0.6) is 11.5 Å². The van der Waals surface area contributed by atoms with Crippen LogP contribution in [-0.2, 0) is 14.4 Å². The number of methoxy groups -OCH3 is 1. The lowest BCUT2D eigenvalue weighted by Crippen LogP contribution is -2.43. The lowest BCUT2D eigenvalue weighted by Gasteiger charge is -2.47. The first kappa shape index (κ1) is 29.6. The van der Waals surface area contributed by atoms with Gasteiger partial charge in [-0.2, -0.15) is 0 Å². The SMILES string of the molecule is COc1cc(C2C3=C(CC(C)(C)CC3=O)N(C)C3=C2C(=O)CC(C)(C)C3)ccc1OCC(=O)Nc1cc(C)ccc1C. The molecule has 42 heavy (non-hydrogen) atoms. The zero-order chi connectivity index (χ0) is 30.6. The van der Waals surface area contributed by atoms with Crippen LogP contribution in [0.15, 0.2) is 58.9 Å². The van der Waals surface area contributed by atoms with Gasteiger partial charge >= 0.3 is 0 Å². The molecule has 1 aliphatic heterocycles. The minimum absolute atomic E-state index is 0.0877. The van der Waals surface area contributed by atoms with Gasteiger partial charge in [-0.3, -0.25) is 14.4 Å². The van der Waals surface area contributed by atoms with Crippen molar-refractivity contribution < 1.29 is 23.9 Å². The van der Waals surface area contributed by atoms with Crippen LogP contribution in [0.4, 0.5) is 5.69 Å². The van der Waals surface area contributed by atoms with Crippen molar-refractivity contribution >= 4 is 23.2 Å². The quantitative estimate of drug-likeness (QED) is 0.419. The van der Waals surface area contributed by atoms with Gasteiger partial charge in [0.15, 0.2) is 29.7 Å². The number of anilines is 1. The third-order valence-electron chi connectivity index (χ3n) is 8.73. The highest BCUT2D eigenvalue weighted by atomic mass is 16.5. The standard InChI is InChI=1S/C35H42N2O5/c1-20-9-10-21(2)23(13-20)36-30(40)19-42-28-12-11-22(14-29(28)41-8)31-32-24(15-34(3,4)17-26(32)38)37(7)25-16-35(5,6)18-27(39)33(25)31/h9-14,31H,15-19H2,1-8H3,(H,36,40). The van der Waals surface area contributed by atoms with E-state index in [1.165, 1.54) is 0 Å². The van der Waals surface area contributed by atoms with E-state index in [2.05, 4.69) is 37.9 Å². The van der Waals surface area contributed by atoms with E-state index in [1.54, 1.807) is 13.2 Å². The summed E-state index contributed by atoms with van der Waals surface area (Å²) in [6, 6.07) is 11.4. The summed E-state index contributed by atoms with van der Waals surface area (Å²) in [7, 11) is 3.56. The molecule has 0 unspecified atom stereocenters. The summed E-state index contributed by atoms with van der Waals surface area (Å²) in [6.45, 7) is 12.2. The van der Waals surface area contributed by atoms with Crippen molar-refractivity contribution in [3.63, 3.8) is 0 Å². The Balaban J connectivity index is 1.49. The summed E-state index contributed by atoms with van der Waals surface area (Å²) in [6.07, 6.45) is 2.40. The minimum Gasteiger partial charge on any atom is -0.493 e. The number of carbonyl (C=O) groups excluding carboxylic acids is 3. The first-order valence-electron chi connectivity index (χ1n) is 14.6. The van der Waals surface area contributed by atoms with E-state index in [0.29, 0.717) is 35.5 Å². The highest BCUT2D eigenvalue weighted by Gasteiger charge is 2.48. The van der Waals surface area contributed by atoms with Crippen molar-refractivity contribution in [2.45, 2.75) is 73.1 Å². The number of amides is 1. The van der Waals surface area contributed by atoms with Gasteiger partial charge in [0, 0.05) is 54.0 Å². The Morgan fingerprint density at radius 2 is 1.48 bits per heavy atom. The van der Waals surface area contributed by atoms with Gasteiger partial charge in [0.05, 0.1) is 7.11 Å². The molecule has 1 N–H and O–H groups in total. The number of allylic oxidation sites excluding steroid dienone is 4. The van der Waals surface area contributed by atoms with E-state index in [0.717, 1.165) is 46.6 Å². The second-order valence-electron chi connectivity index (χ2n) is 13.7. The zero-order valence-electron chi connectivity index (χ0n) is 26.1. The van der Waals surface area contributed by atoms with Crippen molar-refractivity contribution in [1.82, 2.24) is 4.90 Å². The molecule has 7 heteroatoms. The number of nitrogens with zero attached hydrogens (tertiary/aromatic N) is 1. The predicted octanol–water partition coefficient (Wildman–Crippen LogP) is 6.64. The van der Waals surface area contributed by atoms with Crippen LogP contribution in [-0.4, -0.2) is 43.1 Å². The van der Waals surface area contributed by atoms with E-state index in [-0.39, 0.29) is 34.9 Å². The molecule has 0 spiro atoms. The molecular weight excluding hydrogens is 528 g/mol. The predicted molar refractivity (Wildman–Crippen MR) is 164 cm³/mol. The molecular formula is C35H42N2O5. The lowest BCUT2D eigenvalue weighted by atomic mass is 9.64. The van der Waals surface area contributed by atoms with Crippen molar-refractivity contribution in [2.24, 2.45) is 10.8 Å². The van der Waals surface area contributed by atoms with Crippen LogP contribution in [0, 0.1) is 24.7 Å². The molecule has 2 aliphatic carbocycles. The Bertz CT molecular complexity index is 1490. The largest absolute Gasteiger partial charge is 0.493 e. The van der Waals surface area contributed by atoms with Gasteiger partial charge in [-0.05, 0) is 72.4 Å². The van der Waals surface area contributed by atoms with Crippen LogP contribution in [0.3, 0.4) is 0 Å². The summed E-state index contributed by atoms with van der Waals surface area (Å²) in [5, 5.41) is 2.91. The Morgan fingerprint density at radius 3 is 2.05 bits per heavy atom. The molecule has 0 saturated heterocycles. The molecule has 7 nitrogen and oxygen atoms in total. The van der Waals surface area contributed by atoms with Crippen LogP contribution < -0.4 is 14.8 Å². The molecule has 0 radical (unpaired) electrons. The summed E-state index contributed by atoms with van der Waals surface area (Å²) in [4.78, 5) is 42.4. The van der Waals surface area contributed by atoms with Gasteiger partial charge in [0.25, 0.3) is 5.91 Å². The zero-order valence-corrected chi connectivity index (χ0v) is 26.1. The van der Waals surface area contributed by atoms with Crippen molar-refractivity contribution in [3.05, 3.63) is 75.6 Å². The lowest BCUT2D eigenvalue weighted by molar-refractivity contribution is -0.120. The number of nitrogens with one attached hydrogen (secondary N) is 1. The monoisotopic (exact) mass is 570 g/mol. The van der Waals surface area contributed by atoms with Crippen molar-refractivity contribution in [1.29, 1.82) is 0 Å². The van der Waals surface area contributed by atoms with Gasteiger partial charge in [0.1, 0.15) is 0 Å². The van der Waals surface area contributed by atoms with Gasteiger partial charge < -0.3 is 19.7 Å². The third kappa shape index (κ3) is 5.61. The summed E-state index contributed by atoms with van der Waals surface area (Å²) in [5.41, 5.74) is 6.72. The number of rotatable bonds is 6. The smallest absolute Gasteiger partial charge is 0.262 e. The highest BCUT2D eigenvalue weighted by Crippen LogP contribution is 2.54. The summed E-state index contributed by atoms with van der Waals surface area (Å²) >= 11 is 0. The summed E-state index contributed by atoms with van der Waals surface area (Å²) < 4.78 is 11.6. The Morgan fingerprint density at radius 1 is 0.881 bits per heavy atom. The fourth-order valence-electron chi connectivity index (χ4n) is 6.68. The van der Waals surface area contributed by atoms with Crippen LogP contribution in [0.25, 0.3) is 0 Å². The van der Waals surface area contributed by atoms with E-state index in [4.69, 9.17) is 9.47 Å². The fourth-order valence-corrected chi connectivity index (χ4v) is 6.68. The van der Waals surface area contributed by atoms with Crippen LogP contribution in [0.2, 0.25) is 0 Å². The number of carbonyl (C=O) groups is 3. The molecule has 2 aromatic rings. The van der Waals surface area contributed by atoms with Crippen LogP contribution in [0.1, 0.15) is 76.0 Å². The number of Topliss-reactive ketones (excluding diaryl/α,β-unsaturated/α-hetero) is 2. The molecule has 0 bridgehead atoms. The number of hydrogen-bond acceptors (Lipinski definition) is 6. The molecule has 1 amide bonds. The van der Waals surface area contributed by atoms with E-state index in [9.17, 15) is 14.4 Å². The maximum Gasteiger partial charge on any atom is 0.262 e. The van der Waals surface area contributed by atoms with Gasteiger partial charge in [-0.25, -0.2) is 0 Å². The molecule has 1 heterocycles. The van der Waals surface area contributed by atoms with Gasteiger partial charge in [-0.1, -0.05) is 45.9 Å². The minimum atomic E-state index is -0.464. The fraction of sp³-hybridized carbons (Fsp3) is 0.457. The topological polar surface area (TPSA) is 84.9 Å². The van der Waals surface area contributed by atoms with Gasteiger partial charge in [-0.15, -0.1) is 0 Å². The Labute approximate surface area is 249 Å². The first-order chi connectivity index (χ1) is 19.7. The maximum atomic E-state index is 13.8. The second-order valence-corrected chi connectivity index (χ2v) is 13.7. The average Bonchev–Trinajstić information content (AvgIpc) is 2.89. The molecule has 0 saturated carbocycles. The molecule has 2 aromatic carbocycles. The molecule has 0 fully saturated rings. The molecule has 5 rings (SSSR count). The second kappa shape index (κ2) is 10.8. The molecule has 222 valence electrons. The molecule has 3 aliphatic rings. The van der Waals surface area contributed by atoms with Gasteiger partial charge in [0.2, 0.25) is 0 Å².